The summed E-state index contributed by atoms with van der Waals surface area (Å²) in [6.45, 7) is 1.65. The van der Waals surface area contributed by atoms with Crippen LogP contribution >= 0.6 is 46.6 Å². The van der Waals surface area contributed by atoms with E-state index in [0.717, 1.165) is 11.8 Å². The largest absolute Gasteiger partial charge is 0.325 e. The van der Waals surface area contributed by atoms with Crippen molar-refractivity contribution in [2.75, 3.05) is 16.5 Å². The Kier molecular flexibility index (Phi) is 8.04. The number of rotatable bonds is 7. The van der Waals surface area contributed by atoms with Gasteiger partial charge in [-0.05, 0) is 43.3 Å². The highest BCUT2D eigenvalue weighted by Crippen LogP contribution is 2.33. The third-order valence-electron chi connectivity index (χ3n) is 3.28. The Labute approximate surface area is 174 Å². The SMILES string of the molecule is CC(SCC(=O)Nc1ccc(F)cc1)C(=O)NNc1c(Cl)cc(Cl)cc1Cl. The fraction of sp³-hybridized carbons (Fsp3) is 0.176. The molecule has 0 heterocycles. The van der Waals surface area contributed by atoms with Crippen molar-refractivity contribution in [1.29, 1.82) is 0 Å². The number of thioether (sulfide) groups is 1. The lowest BCUT2D eigenvalue weighted by atomic mass is 10.3. The Morgan fingerprint density at radius 3 is 2.30 bits per heavy atom. The van der Waals surface area contributed by atoms with Gasteiger partial charge in [0.05, 0.1) is 26.7 Å². The van der Waals surface area contributed by atoms with Crippen molar-refractivity contribution in [3.8, 4) is 0 Å². The van der Waals surface area contributed by atoms with E-state index in [1.807, 2.05) is 0 Å². The van der Waals surface area contributed by atoms with Gasteiger partial charge in [-0.2, -0.15) is 0 Å². The Morgan fingerprint density at radius 1 is 1.11 bits per heavy atom. The van der Waals surface area contributed by atoms with Crippen LogP contribution in [0.15, 0.2) is 36.4 Å². The molecular weight excluding hydrogens is 436 g/mol. The first kappa shape index (κ1) is 21.6. The second-order valence-electron chi connectivity index (χ2n) is 5.37. The number of nitrogens with one attached hydrogen (secondary N) is 3. The summed E-state index contributed by atoms with van der Waals surface area (Å²) in [5.74, 6) is -1.00. The van der Waals surface area contributed by atoms with Gasteiger partial charge in [-0.25, -0.2) is 4.39 Å². The van der Waals surface area contributed by atoms with Crippen LogP contribution in [-0.4, -0.2) is 22.8 Å². The standard InChI is InChI=1S/C17H15Cl3FN3O2S/c1-9(27-8-15(25)22-12-4-2-11(21)3-5-12)17(26)24-23-16-13(19)6-10(18)7-14(16)20/h2-7,9,23H,8H2,1H3,(H,22,25)(H,24,26). The molecule has 0 aliphatic carbocycles. The van der Waals surface area contributed by atoms with Crippen LogP contribution in [0.4, 0.5) is 15.8 Å². The van der Waals surface area contributed by atoms with Gasteiger partial charge in [-0.3, -0.25) is 20.4 Å². The molecule has 10 heteroatoms. The van der Waals surface area contributed by atoms with E-state index in [4.69, 9.17) is 34.8 Å². The molecule has 0 aliphatic heterocycles. The van der Waals surface area contributed by atoms with E-state index in [1.54, 1.807) is 6.92 Å². The zero-order valence-electron chi connectivity index (χ0n) is 14.0. The summed E-state index contributed by atoms with van der Waals surface area (Å²) in [6.07, 6.45) is 0. The van der Waals surface area contributed by atoms with Gasteiger partial charge in [0.25, 0.3) is 5.91 Å². The van der Waals surface area contributed by atoms with Crippen LogP contribution in [-0.2, 0) is 9.59 Å². The maximum Gasteiger partial charge on any atom is 0.251 e. The van der Waals surface area contributed by atoms with Gasteiger partial charge in [-0.1, -0.05) is 34.8 Å². The molecule has 0 saturated carbocycles. The van der Waals surface area contributed by atoms with Crippen LogP contribution in [0, 0.1) is 5.82 Å². The molecule has 0 aliphatic rings. The number of hydrazine groups is 1. The fourth-order valence-electron chi connectivity index (χ4n) is 1.89. The molecule has 1 atom stereocenters. The molecule has 2 aromatic rings. The van der Waals surface area contributed by atoms with E-state index in [2.05, 4.69) is 16.2 Å². The molecule has 1 unspecified atom stereocenters. The Bertz CT molecular complexity index is 814. The summed E-state index contributed by atoms with van der Waals surface area (Å²) in [6, 6.07) is 8.38. The molecular formula is C17H15Cl3FN3O2S. The second kappa shape index (κ2) is 10.0. The average Bonchev–Trinajstić information content (AvgIpc) is 2.60. The average molecular weight is 451 g/mol. The predicted molar refractivity (Wildman–Crippen MR) is 110 cm³/mol. The molecule has 0 spiro atoms. The lowest BCUT2D eigenvalue weighted by Crippen LogP contribution is -2.36. The lowest BCUT2D eigenvalue weighted by molar-refractivity contribution is -0.119. The first-order valence-electron chi connectivity index (χ1n) is 7.63. The molecule has 0 fully saturated rings. The van der Waals surface area contributed by atoms with E-state index in [9.17, 15) is 14.0 Å². The number of hydrogen-bond acceptors (Lipinski definition) is 4. The molecule has 0 bridgehead atoms. The smallest absolute Gasteiger partial charge is 0.251 e. The van der Waals surface area contributed by atoms with Crippen molar-refractivity contribution in [3.63, 3.8) is 0 Å². The highest BCUT2D eigenvalue weighted by molar-refractivity contribution is 8.01. The van der Waals surface area contributed by atoms with E-state index >= 15 is 0 Å². The highest BCUT2D eigenvalue weighted by atomic mass is 35.5. The number of benzene rings is 2. The summed E-state index contributed by atoms with van der Waals surface area (Å²) < 4.78 is 12.8. The second-order valence-corrected chi connectivity index (χ2v) is 7.95. The van der Waals surface area contributed by atoms with E-state index in [-0.39, 0.29) is 33.4 Å². The van der Waals surface area contributed by atoms with Crippen LogP contribution in [0.2, 0.25) is 15.1 Å². The molecule has 2 aromatic carbocycles. The van der Waals surface area contributed by atoms with Crippen LogP contribution in [0.3, 0.4) is 0 Å². The summed E-state index contributed by atoms with van der Waals surface area (Å²) in [5, 5.41) is 2.98. The van der Waals surface area contributed by atoms with E-state index in [0.29, 0.717) is 16.4 Å². The van der Waals surface area contributed by atoms with Crippen molar-refractivity contribution in [1.82, 2.24) is 5.43 Å². The Balaban J connectivity index is 1.80. The van der Waals surface area contributed by atoms with Crippen LogP contribution in [0.5, 0.6) is 0 Å². The lowest BCUT2D eigenvalue weighted by Gasteiger charge is -2.15. The van der Waals surface area contributed by atoms with Crippen LogP contribution in [0.25, 0.3) is 0 Å². The molecule has 27 heavy (non-hydrogen) atoms. The zero-order chi connectivity index (χ0) is 20.0. The third kappa shape index (κ3) is 6.77. The van der Waals surface area contributed by atoms with Gasteiger partial charge < -0.3 is 5.32 Å². The van der Waals surface area contributed by atoms with Crippen molar-refractivity contribution >= 4 is 69.8 Å². The first-order valence-corrected chi connectivity index (χ1v) is 9.82. The Morgan fingerprint density at radius 2 is 1.70 bits per heavy atom. The monoisotopic (exact) mass is 449 g/mol. The third-order valence-corrected chi connectivity index (χ3v) is 5.24. The topological polar surface area (TPSA) is 70.2 Å². The van der Waals surface area contributed by atoms with Gasteiger partial charge in [0.1, 0.15) is 5.82 Å². The van der Waals surface area contributed by atoms with Crippen molar-refractivity contribution in [2.24, 2.45) is 0 Å². The number of anilines is 2. The van der Waals surface area contributed by atoms with Gasteiger partial charge in [0, 0.05) is 10.7 Å². The van der Waals surface area contributed by atoms with Crippen LogP contribution in [0.1, 0.15) is 6.92 Å². The maximum absolute atomic E-state index is 12.8. The first-order chi connectivity index (χ1) is 12.8. The fourth-order valence-corrected chi connectivity index (χ4v) is 3.49. The number of halogens is 4. The van der Waals surface area contributed by atoms with Crippen molar-refractivity contribution < 1.29 is 14.0 Å². The molecule has 0 saturated heterocycles. The Hall–Kier alpha value is -1.67. The summed E-state index contributed by atoms with van der Waals surface area (Å²) in [7, 11) is 0. The van der Waals surface area contributed by atoms with E-state index < -0.39 is 5.25 Å². The van der Waals surface area contributed by atoms with Gasteiger partial charge >= 0.3 is 0 Å². The van der Waals surface area contributed by atoms with Gasteiger partial charge in [0.2, 0.25) is 5.91 Å². The minimum atomic E-state index is -0.527. The van der Waals surface area contributed by atoms with Crippen LogP contribution < -0.4 is 16.2 Å². The summed E-state index contributed by atoms with van der Waals surface area (Å²) in [5.41, 5.74) is 5.94. The molecule has 2 amide bonds. The molecule has 5 nitrogen and oxygen atoms in total. The normalized spacial score (nSPS) is 11.6. The molecule has 3 N–H and O–H groups in total. The minimum absolute atomic E-state index is 0.0500. The molecule has 0 aromatic heterocycles. The quantitative estimate of drug-likeness (QED) is 0.520. The highest BCUT2D eigenvalue weighted by Gasteiger charge is 2.16. The summed E-state index contributed by atoms with van der Waals surface area (Å²) >= 11 is 19.0. The predicted octanol–water partition coefficient (Wildman–Crippen LogP) is 4.99. The van der Waals surface area contributed by atoms with Gasteiger partial charge in [-0.15, -0.1) is 11.8 Å². The number of hydrogen-bond donors (Lipinski definition) is 3. The van der Waals surface area contributed by atoms with E-state index in [1.165, 1.54) is 36.4 Å². The number of amides is 2. The number of carbonyl (C=O) groups excluding carboxylic acids is 2. The zero-order valence-corrected chi connectivity index (χ0v) is 17.1. The van der Waals surface area contributed by atoms with Crippen molar-refractivity contribution in [2.45, 2.75) is 12.2 Å². The maximum atomic E-state index is 12.8. The van der Waals surface area contributed by atoms with Crippen molar-refractivity contribution in [3.05, 3.63) is 57.3 Å². The molecule has 2 rings (SSSR count). The molecule has 144 valence electrons. The van der Waals surface area contributed by atoms with Gasteiger partial charge in [0.15, 0.2) is 0 Å². The summed E-state index contributed by atoms with van der Waals surface area (Å²) in [4.78, 5) is 24.0. The number of carbonyl (C=O) groups is 2. The minimum Gasteiger partial charge on any atom is -0.325 e. The molecule has 0 radical (unpaired) electrons.